The Labute approximate surface area is 69.2 Å². The Morgan fingerprint density at radius 3 is 2.09 bits per heavy atom. The molecule has 2 nitrogen and oxygen atoms in total. The molecule has 1 unspecified atom stereocenters. The van der Waals surface area contributed by atoms with E-state index in [4.69, 9.17) is 5.11 Å². The monoisotopic (exact) mass is 160 g/mol. The molecule has 11 heavy (non-hydrogen) atoms. The molecule has 0 aromatic carbocycles. The second kappa shape index (κ2) is 6.62. The second-order valence-corrected chi connectivity index (χ2v) is 3.08. The van der Waals surface area contributed by atoms with Gasteiger partial charge in [-0.15, -0.1) is 0 Å². The highest BCUT2D eigenvalue weighted by molar-refractivity contribution is 4.62. The maximum atomic E-state index is 9.32. The summed E-state index contributed by atoms with van der Waals surface area (Å²) in [6.07, 6.45) is 3.31. The van der Waals surface area contributed by atoms with E-state index >= 15 is 0 Å². The Kier molecular flexibility index (Phi) is 6.57. The second-order valence-electron chi connectivity index (χ2n) is 3.08. The molecule has 0 saturated heterocycles. The van der Waals surface area contributed by atoms with Gasteiger partial charge in [-0.3, -0.25) is 0 Å². The standard InChI is InChI=1S/C9H20O2/c1-3-8(4-2)7-9(11)5-6-10/h8-11H,3-7H2,1-2H3. The van der Waals surface area contributed by atoms with Crippen LogP contribution in [0.25, 0.3) is 0 Å². The van der Waals surface area contributed by atoms with Gasteiger partial charge in [0.2, 0.25) is 0 Å². The van der Waals surface area contributed by atoms with Gasteiger partial charge in [0.15, 0.2) is 0 Å². The van der Waals surface area contributed by atoms with Crippen LogP contribution in [0.5, 0.6) is 0 Å². The van der Waals surface area contributed by atoms with Crippen LogP contribution in [-0.2, 0) is 0 Å². The first-order valence-corrected chi connectivity index (χ1v) is 4.53. The van der Waals surface area contributed by atoms with E-state index < -0.39 is 0 Å². The van der Waals surface area contributed by atoms with Crippen molar-refractivity contribution in [1.29, 1.82) is 0 Å². The van der Waals surface area contributed by atoms with Crippen LogP contribution in [0, 0.1) is 5.92 Å². The lowest BCUT2D eigenvalue weighted by Crippen LogP contribution is -2.14. The summed E-state index contributed by atoms with van der Waals surface area (Å²) in [4.78, 5) is 0. The highest BCUT2D eigenvalue weighted by Crippen LogP contribution is 2.15. The number of rotatable bonds is 6. The lowest BCUT2D eigenvalue weighted by Gasteiger charge is -2.16. The van der Waals surface area contributed by atoms with Gasteiger partial charge in [0.1, 0.15) is 0 Å². The molecule has 0 heterocycles. The Bertz CT molecular complexity index is 79.6. The first-order chi connectivity index (χ1) is 5.24. The topological polar surface area (TPSA) is 40.5 Å². The highest BCUT2D eigenvalue weighted by atomic mass is 16.3. The van der Waals surface area contributed by atoms with E-state index in [1.54, 1.807) is 0 Å². The minimum Gasteiger partial charge on any atom is -0.396 e. The largest absolute Gasteiger partial charge is 0.396 e. The third-order valence-electron chi connectivity index (χ3n) is 2.22. The van der Waals surface area contributed by atoms with Crippen molar-refractivity contribution in [2.45, 2.75) is 45.6 Å². The fraction of sp³-hybridized carbons (Fsp3) is 1.00. The predicted molar refractivity (Wildman–Crippen MR) is 46.4 cm³/mol. The summed E-state index contributed by atoms with van der Waals surface area (Å²) in [5, 5.41) is 17.9. The van der Waals surface area contributed by atoms with Crippen molar-refractivity contribution in [2.75, 3.05) is 6.61 Å². The molecular weight excluding hydrogens is 140 g/mol. The maximum absolute atomic E-state index is 9.32. The van der Waals surface area contributed by atoms with E-state index in [0.717, 1.165) is 19.3 Å². The average molecular weight is 160 g/mol. The molecule has 0 amide bonds. The molecule has 0 aliphatic carbocycles. The van der Waals surface area contributed by atoms with E-state index in [9.17, 15) is 5.11 Å². The van der Waals surface area contributed by atoms with Crippen molar-refractivity contribution < 1.29 is 10.2 Å². The molecule has 0 saturated carbocycles. The van der Waals surface area contributed by atoms with Gasteiger partial charge >= 0.3 is 0 Å². The summed E-state index contributed by atoms with van der Waals surface area (Å²) >= 11 is 0. The van der Waals surface area contributed by atoms with Crippen LogP contribution in [-0.4, -0.2) is 22.9 Å². The zero-order valence-electron chi connectivity index (χ0n) is 7.58. The van der Waals surface area contributed by atoms with Gasteiger partial charge < -0.3 is 10.2 Å². The Balaban J connectivity index is 3.44. The molecule has 0 aromatic heterocycles. The van der Waals surface area contributed by atoms with Crippen LogP contribution in [0.1, 0.15) is 39.5 Å². The molecule has 68 valence electrons. The van der Waals surface area contributed by atoms with E-state index in [1.807, 2.05) is 0 Å². The molecular formula is C9H20O2. The molecule has 2 N–H and O–H groups in total. The minimum absolute atomic E-state index is 0.0985. The lowest BCUT2D eigenvalue weighted by atomic mass is 9.95. The van der Waals surface area contributed by atoms with Crippen molar-refractivity contribution >= 4 is 0 Å². The summed E-state index contributed by atoms with van der Waals surface area (Å²) in [7, 11) is 0. The van der Waals surface area contributed by atoms with Gasteiger partial charge in [0, 0.05) is 6.61 Å². The number of hydrogen-bond donors (Lipinski definition) is 2. The molecule has 0 spiro atoms. The summed E-state index contributed by atoms with van der Waals surface area (Å²) in [5.74, 6) is 0.622. The van der Waals surface area contributed by atoms with Gasteiger partial charge in [0.05, 0.1) is 6.10 Å². The molecule has 0 aliphatic rings. The van der Waals surface area contributed by atoms with Crippen molar-refractivity contribution in [3.8, 4) is 0 Å². The first-order valence-electron chi connectivity index (χ1n) is 4.53. The Morgan fingerprint density at radius 1 is 1.18 bits per heavy atom. The predicted octanol–water partition coefficient (Wildman–Crippen LogP) is 1.56. The first kappa shape index (κ1) is 10.9. The van der Waals surface area contributed by atoms with E-state index in [-0.39, 0.29) is 12.7 Å². The van der Waals surface area contributed by atoms with Crippen molar-refractivity contribution in [3.63, 3.8) is 0 Å². The summed E-state index contributed by atoms with van der Waals surface area (Å²) < 4.78 is 0. The van der Waals surface area contributed by atoms with Crippen LogP contribution in [0.2, 0.25) is 0 Å². The Hall–Kier alpha value is -0.0800. The molecule has 0 rings (SSSR count). The van der Waals surface area contributed by atoms with Crippen LogP contribution in [0.15, 0.2) is 0 Å². The van der Waals surface area contributed by atoms with Crippen LogP contribution in [0.3, 0.4) is 0 Å². The smallest absolute Gasteiger partial charge is 0.0564 e. The van der Waals surface area contributed by atoms with Crippen molar-refractivity contribution in [2.24, 2.45) is 5.92 Å². The van der Waals surface area contributed by atoms with Gasteiger partial charge in [-0.25, -0.2) is 0 Å². The molecule has 0 aliphatic heterocycles. The number of aliphatic hydroxyl groups excluding tert-OH is 2. The van der Waals surface area contributed by atoms with Crippen molar-refractivity contribution in [1.82, 2.24) is 0 Å². The summed E-state index contributed by atoms with van der Waals surface area (Å²) in [6.45, 7) is 4.38. The zero-order chi connectivity index (χ0) is 8.69. The molecule has 0 fully saturated rings. The molecule has 0 bridgehead atoms. The van der Waals surface area contributed by atoms with E-state index in [0.29, 0.717) is 12.3 Å². The molecule has 0 radical (unpaired) electrons. The van der Waals surface area contributed by atoms with E-state index in [2.05, 4.69) is 13.8 Å². The van der Waals surface area contributed by atoms with Crippen LogP contribution < -0.4 is 0 Å². The SMILES string of the molecule is CCC(CC)CC(O)CCO. The Morgan fingerprint density at radius 2 is 1.73 bits per heavy atom. The number of aliphatic hydroxyl groups is 2. The van der Waals surface area contributed by atoms with Crippen molar-refractivity contribution in [3.05, 3.63) is 0 Å². The van der Waals surface area contributed by atoms with Gasteiger partial charge in [0.25, 0.3) is 0 Å². The molecule has 2 heteroatoms. The highest BCUT2D eigenvalue weighted by Gasteiger charge is 2.09. The van der Waals surface area contributed by atoms with Crippen LogP contribution in [0.4, 0.5) is 0 Å². The fourth-order valence-corrected chi connectivity index (χ4v) is 1.27. The zero-order valence-corrected chi connectivity index (χ0v) is 7.58. The minimum atomic E-state index is -0.301. The maximum Gasteiger partial charge on any atom is 0.0564 e. The molecule has 0 aromatic rings. The average Bonchev–Trinajstić information content (AvgIpc) is 2.01. The molecule has 1 atom stereocenters. The normalized spacial score (nSPS) is 13.9. The quantitative estimate of drug-likeness (QED) is 0.619. The fourth-order valence-electron chi connectivity index (χ4n) is 1.27. The van der Waals surface area contributed by atoms with Crippen LogP contribution >= 0.6 is 0 Å². The lowest BCUT2D eigenvalue weighted by molar-refractivity contribution is 0.106. The third kappa shape index (κ3) is 5.22. The van der Waals surface area contributed by atoms with Gasteiger partial charge in [-0.1, -0.05) is 26.7 Å². The van der Waals surface area contributed by atoms with Gasteiger partial charge in [-0.2, -0.15) is 0 Å². The number of hydrogen-bond acceptors (Lipinski definition) is 2. The van der Waals surface area contributed by atoms with Gasteiger partial charge in [-0.05, 0) is 18.8 Å². The summed E-state index contributed by atoms with van der Waals surface area (Å²) in [6, 6.07) is 0. The summed E-state index contributed by atoms with van der Waals surface area (Å²) in [5.41, 5.74) is 0. The third-order valence-corrected chi connectivity index (χ3v) is 2.22. The van der Waals surface area contributed by atoms with E-state index in [1.165, 1.54) is 0 Å².